The van der Waals surface area contributed by atoms with E-state index in [0.29, 0.717) is 38.1 Å². The Bertz CT molecular complexity index is 830. The third-order valence-electron chi connectivity index (χ3n) is 6.56. The van der Waals surface area contributed by atoms with E-state index in [4.69, 9.17) is 15.9 Å². The number of allylic oxidation sites excluding steroid dienone is 3. The number of carbonyl (C=O) groups is 3. The largest absolute Gasteiger partial charge is 0.481 e. The molecule has 1 aliphatic heterocycles. The standard InChI is InChI=1S/C26H39N3O5/c1-2-3-4-5-6-9-12-20-21(13-10-7-8-11-14-25(31)32)24(30)16-23(20)29-17-19(28-18-29)15-22(27)26(33)34/h7,9-10,12,17,20-23H,2-6,8,11,13-16,18,27H2,1H3,(H-,31,32,33,34)/p+1/t20-,21?,22+,23?/m1/s1. The van der Waals surface area contributed by atoms with Crippen molar-refractivity contribution in [2.24, 2.45) is 22.6 Å². The molecule has 0 aromatic rings. The molecular formula is C26H40N3O5+. The SMILES string of the molecule is CCCCCCC=C[C@@H]1C(CC=CCCCC(=O)O)C(=O)CC1[N+]1=CC(C[C@H](N)C(=O)O)=NC1. The van der Waals surface area contributed by atoms with E-state index in [0.717, 1.165) is 12.8 Å². The van der Waals surface area contributed by atoms with Crippen LogP contribution in [0, 0.1) is 11.8 Å². The van der Waals surface area contributed by atoms with Crippen molar-refractivity contribution in [2.75, 3.05) is 6.67 Å². The van der Waals surface area contributed by atoms with Gasteiger partial charge in [-0.1, -0.05) is 50.5 Å². The van der Waals surface area contributed by atoms with Crippen LogP contribution in [0.4, 0.5) is 0 Å². The van der Waals surface area contributed by atoms with Gasteiger partial charge in [-0.2, -0.15) is 0 Å². The van der Waals surface area contributed by atoms with E-state index in [1.54, 1.807) is 0 Å². The second kappa shape index (κ2) is 14.6. The number of carboxylic acid groups (broad SMARTS) is 2. The first-order valence-electron chi connectivity index (χ1n) is 12.5. The van der Waals surface area contributed by atoms with Crippen molar-refractivity contribution >= 4 is 29.6 Å². The molecule has 1 saturated carbocycles. The molecule has 0 aromatic heterocycles. The Morgan fingerprint density at radius 3 is 2.65 bits per heavy atom. The molecule has 34 heavy (non-hydrogen) atoms. The van der Waals surface area contributed by atoms with Gasteiger partial charge in [0.2, 0.25) is 6.67 Å². The summed E-state index contributed by atoms with van der Waals surface area (Å²) in [4.78, 5) is 39.2. The van der Waals surface area contributed by atoms with Gasteiger partial charge in [0, 0.05) is 24.7 Å². The van der Waals surface area contributed by atoms with Crippen molar-refractivity contribution in [1.29, 1.82) is 0 Å². The van der Waals surface area contributed by atoms with Crippen LogP contribution < -0.4 is 5.73 Å². The average molecular weight is 475 g/mol. The van der Waals surface area contributed by atoms with Crippen molar-refractivity contribution in [1.82, 2.24) is 0 Å². The van der Waals surface area contributed by atoms with E-state index in [1.165, 1.54) is 19.3 Å². The number of unbranched alkanes of at least 4 members (excludes halogenated alkanes) is 5. The molecule has 1 fully saturated rings. The number of carbonyl (C=O) groups excluding carboxylic acids is 1. The minimum Gasteiger partial charge on any atom is -0.481 e. The van der Waals surface area contributed by atoms with Crippen LogP contribution in [0.15, 0.2) is 29.3 Å². The Labute approximate surface area is 202 Å². The van der Waals surface area contributed by atoms with Gasteiger partial charge in [0.1, 0.15) is 17.5 Å². The van der Waals surface area contributed by atoms with Gasteiger partial charge >= 0.3 is 11.9 Å². The van der Waals surface area contributed by atoms with Crippen LogP contribution in [0.5, 0.6) is 0 Å². The summed E-state index contributed by atoms with van der Waals surface area (Å²) in [5, 5.41) is 17.8. The quantitative estimate of drug-likeness (QED) is 0.178. The molecule has 8 heteroatoms. The lowest BCUT2D eigenvalue weighted by molar-refractivity contribution is -0.560. The molecule has 0 radical (unpaired) electrons. The number of carboxylic acids is 2. The molecule has 1 aliphatic carbocycles. The molecule has 1 heterocycles. The highest BCUT2D eigenvalue weighted by Gasteiger charge is 2.47. The number of rotatable bonds is 16. The highest BCUT2D eigenvalue weighted by atomic mass is 16.4. The maximum Gasteiger partial charge on any atom is 0.320 e. The summed E-state index contributed by atoms with van der Waals surface area (Å²) in [7, 11) is 0. The van der Waals surface area contributed by atoms with E-state index in [-0.39, 0.29) is 36.5 Å². The lowest BCUT2D eigenvalue weighted by Crippen LogP contribution is -2.34. The van der Waals surface area contributed by atoms with Gasteiger partial charge in [-0.05, 0) is 32.1 Å². The summed E-state index contributed by atoms with van der Waals surface area (Å²) >= 11 is 0. The number of nitrogens with zero attached hydrogens (tertiary/aromatic N) is 2. The Morgan fingerprint density at radius 1 is 1.18 bits per heavy atom. The zero-order valence-corrected chi connectivity index (χ0v) is 20.3. The molecule has 0 bridgehead atoms. The van der Waals surface area contributed by atoms with Crippen LogP contribution in [-0.4, -0.2) is 63.2 Å². The van der Waals surface area contributed by atoms with Crippen LogP contribution in [0.25, 0.3) is 0 Å². The van der Waals surface area contributed by atoms with Gasteiger partial charge in [0.15, 0.2) is 12.3 Å². The van der Waals surface area contributed by atoms with E-state index in [2.05, 4.69) is 28.6 Å². The molecule has 2 rings (SSSR count). The lowest BCUT2D eigenvalue weighted by atomic mass is 9.89. The van der Waals surface area contributed by atoms with Crippen LogP contribution in [0.3, 0.4) is 0 Å². The van der Waals surface area contributed by atoms with Gasteiger partial charge in [0.05, 0.1) is 6.42 Å². The van der Waals surface area contributed by atoms with Crippen LogP contribution in [-0.2, 0) is 14.4 Å². The summed E-state index contributed by atoms with van der Waals surface area (Å²) in [5.74, 6) is -1.68. The van der Waals surface area contributed by atoms with Crippen molar-refractivity contribution < 1.29 is 29.2 Å². The third-order valence-corrected chi connectivity index (χ3v) is 6.56. The first-order chi connectivity index (χ1) is 16.3. The zero-order chi connectivity index (χ0) is 24.9. The smallest absolute Gasteiger partial charge is 0.320 e. The first-order valence-corrected chi connectivity index (χ1v) is 12.5. The molecule has 4 N–H and O–H groups in total. The number of nitrogens with two attached hydrogens (primary N) is 1. The summed E-state index contributed by atoms with van der Waals surface area (Å²) in [6, 6.07) is -0.995. The van der Waals surface area contributed by atoms with Crippen molar-refractivity contribution in [3.63, 3.8) is 0 Å². The van der Waals surface area contributed by atoms with Gasteiger partial charge in [-0.15, -0.1) is 0 Å². The van der Waals surface area contributed by atoms with E-state index >= 15 is 0 Å². The topological polar surface area (TPSA) is 133 Å². The summed E-state index contributed by atoms with van der Waals surface area (Å²) in [6.45, 7) is 2.61. The zero-order valence-electron chi connectivity index (χ0n) is 20.3. The summed E-state index contributed by atoms with van der Waals surface area (Å²) < 4.78 is 2.06. The number of hydrogen-bond acceptors (Lipinski definition) is 5. The lowest BCUT2D eigenvalue weighted by Gasteiger charge is -2.17. The minimum atomic E-state index is -1.05. The molecule has 2 unspecified atom stereocenters. The van der Waals surface area contributed by atoms with Gasteiger partial charge in [-0.3, -0.25) is 14.4 Å². The number of ketones is 1. The fourth-order valence-electron chi connectivity index (χ4n) is 4.62. The maximum absolute atomic E-state index is 13.0. The second-order valence-electron chi connectivity index (χ2n) is 9.28. The van der Waals surface area contributed by atoms with Crippen LogP contribution in [0.2, 0.25) is 0 Å². The van der Waals surface area contributed by atoms with Gasteiger partial charge < -0.3 is 15.9 Å². The number of aliphatic imine (C=N–C) groups is 1. The predicted octanol–water partition coefficient (Wildman–Crippen LogP) is 3.59. The molecular weight excluding hydrogens is 434 g/mol. The second-order valence-corrected chi connectivity index (χ2v) is 9.28. The third kappa shape index (κ3) is 8.97. The molecule has 4 atom stereocenters. The Hall–Kier alpha value is -2.61. The Morgan fingerprint density at radius 2 is 1.94 bits per heavy atom. The summed E-state index contributed by atoms with van der Waals surface area (Å²) in [6.07, 6.45) is 18.7. The van der Waals surface area contributed by atoms with Gasteiger partial charge in [-0.25, -0.2) is 9.57 Å². The van der Waals surface area contributed by atoms with Crippen molar-refractivity contribution in [2.45, 2.75) is 89.6 Å². The van der Waals surface area contributed by atoms with Crippen LogP contribution in [0.1, 0.15) is 77.6 Å². The Balaban J connectivity index is 2.05. The fraction of sp³-hybridized carbons (Fsp3) is 0.654. The highest BCUT2D eigenvalue weighted by molar-refractivity contribution is 6.30. The summed E-state index contributed by atoms with van der Waals surface area (Å²) in [5.41, 5.74) is 6.32. The molecule has 0 saturated heterocycles. The highest BCUT2D eigenvalue weighted by Crippen LogP contribution is 2.35. The van der Waals surface area contributed by atoms with Gasteiger partial charge in [0.25, 0.3) is 0 Å². The molecule has 2 aliphatic rings. The molecule has 8 nitrogen and oxygen atoms in total. The maximum atomic E-state index is 13.0. The number of hydrogen-bond donors (Lipinski definition) is 3. The molecule has 188 valence electrons. The number of aliphatic carboxylic acids is 2. The average Bonchev–Trinajstić information content (AvgIpc) is 3.37. The predicted molar refractivity (Wildman–Crippen MR) is 132 cm³/mol. The molecule has 0 spiro atoms. The van der Waals surface area contributed by atoms with Crippen molar-refractivity contribution in [3.8, 4) is 0 Å². The van der Waals surface area contributed by atoms with E-state index in [1.807, 2.05) is 18.4 Å². The Kier molecular flexibility index (Phi) is 11.9. The minimum absolute atomic E-state index is 0.00731. The monoisotopic (exact) mass is 474 g/mol. The van der Waals surface area contributed by atoms with Crippen molar-refractivity contribution in [3.05, 3.63) is 24.3 Å². The van der Waals surface area contributed by atoms with E-state index in [9.17, 15) is 14.4 Å². The molecule has 0 amide bonds. The first kappa shape index (κ1) is 27.6. The van der Waals surface area contributed by atoms with Crippen LogP contribution >= 0.6 is 0 Å². The van der Waals surface area contributed by atoms with E-state index < -0.39 is 18.0 Å². The molecule has 0 aromatic carbocycles. The normalized spacial score (nSPS) is 23.6. The fourth-order valence-corrected chi connectivity index (χ4v) is 4.62. The number of Topliss-reactive ketones (excluding diaryl/α,β-unsaturated/α-hetero) is 1.